The largest absolute Gasteiger partial charge is 0.454 e. The fourth-order valence-corrected chi connectivity index (χ4v) is 1.75. The van der Waals surface area contributed by atoms with Crippen LogP contribution < -0.4 is 4.74 Å². The molecule has 0 aliphatic carbocycles. The van der Waals surface area contributed by atoms with Gasteiger partial charge in [-0.25, -0.2) is 8.78 Å². The molecule has 0 saturated carbocycles. The normalized spacial score (nSPS) is 12.2. The number of halogens is 2. The Morgan fingerprint density at radius 2 is 1.84 bits per heavy atom. The summed E-state index contributed by atoms with van der Waals surface area (Å²) in [5, 5.41) is 9.87. The number of benzene rings is 2. The molecule has 2 nitrogen and oxygen atoms in total. The van der Waals surface area contributed by atoms with Gasteiger partial charge in [0.2, 0.25) is 0 Å². The summed E-state index contributed by atoms with van der Waals surface area (Å²) in [7, 11) is 0. The highest BCUT2D eigenvalue weighted by Gasteiger charge is 2.13. The molecule has 0 fully saturated rings. The van der Waals surface area contributed by atoms with E-state index in [-0.39, 0.29) is 5.75 Å². The first-order valence-corrected chi connectivity index (χ1v) is 6.01. The van der Waals surface area contributed by atoms with Crippen LogP contribution in [0.25, 0.3) is 0 Å². The van der Waals surface area contributed by atoms with Gasteiger partial charge in [0.05, 0.1) is 6.10 Å². The zero-order chi connectivity index (χ0) is 13.8. The summed E-state index contributed by atoms with van der Waals surface area (Å²) >= 11 is 0. The van der Waals surface area contributed by atoms with Gasteiger partial charge in [-0.15, -0.1) is 0 Å². The molecule has 0 bridgehead atoms. The number of para-hydroxylation sites is 1. The third kappa shape index (κ3) is 3.09. The molecule has 0 aromatic heterocycles. The fourth-order valence-electron chi connectivity index (χ4n) is 1.75. The van der Waals surface area contributed by atoms with Crippen molar-refractivity contribution in [1.29, 1.82) is 0 Å². The second-order valence-corrected chi connectivity index (χ2v) is 4.14. The molecule has 2 rings (SSSR count). The first kappa shape index (κ1) is 13.5. The highest BCUT2D eigenvalue weighted by molar-refractivity contribution is 5.39. The van der Waals surface area contributed by atoms with E-state index in [2.05, 4.69) is 0 Å². The van der Waals surface area contributed by atoms with Crippen molar-refractivity contribution >= 4 is 0 Å². The maximum Gasteiger partial charge on any atom is 0.168 e. The third-order valence-electron chi connectivity index (χ3n) is 2.78. The molecule has 0 spiro atoms. The molecule has 0 aliphatic rings. The Morgan fingerprint density at radius 3 is 2.53 bits per heavy atom. The van der Waals surface area contributed by atoms with Gasteiger partial charge in [0.25, 0.3) is 0 Å². The van der Waals surface area contributed by atoms with Gasteiger partial charge in [0.15, 0.2) is 11.6 Å². The van der Waals surface area contributed by atoms with E-state index in [0.29, 0.717) is 17.7 Å². The molecule has 1 atom stereocenters. The molecule has 100 valence electrons. The monoisotopic (exact) mass is 264 g/mol. The van der Waals surface area contributed by atoms with E-state index in [1.165, 1.54) is 6.07 Å². The van der Waals surface area contributed by atoms with Crippen molar-refractivity contribution < 1.29 is 18.6 Å². The SMILES string of the molecule is CC[C@H](O)c1ccccc1Oc1ccc(F)cc1F. The van der Waals surface area contributed by atoms with Gasteiger partial charge < -0.3 is 9.84 Å². The first-order valence-electron chi connectivity index (χ1n) is 6.01. The Balaban J connectivity index is 2.33. The van der Waals surface area contributed by atoms with Gasteiger partial charge in [-0.2, -0.15) is 0 Å². The van der Waals surface area contributed by atoms with Crippen LogP contribution in [-0.4, -0.2) is 5.11 Å². The highest BCUT2D eigenvalue weighted by atomic mass is 19.1. The molecule has 0 aliphatic heterocycles. The Hall–Kier alpha value is -1.94. The molecule has 2 aromatic rings. The zero-order valence-electron chi connectivity index (χ0n) is 10.4. The predicted molar refractivity (Wildman–Crippen MR) is 68.1 cm³/mol. The van der Waals surface area contributed by atoms with Crippen LogP contribution in [-0.2, 0) is 0 Å². The molecule has 0 amide bonds. The van der Waals surface area contributed by atoms with Crippen LogP contribution >= 0.6 is 0 Å². The second kappa shape index (κ2) is 5.80. The van der Waals surface area contributed by atoms with E-state index in [1.807, 2.05) is 6.92 Å². The van der Waals surface area contributed by atoms with Gasteiger partial charge in [-0.3, -0.25) is 0 Å². The van der Waals surface area contributed by atoms with Crippen LogP contribution in [0.4, 0.5) is 8.78 Å². The topological polar surface area (TPSA) is 29.5 Å². The average Bonchev–Trinajstić information content (AvgIpc) is 2.41. The fraction of sp³-hybridized carbons (Fsp3) is 0.200. The van der Waals surface area contributed by atoms with Crippen LogP contribution in [0.5, 0.6) is 11.5 Å². The smallest absolute Gasteiger partial charge is 0.168 e. The Bertz CT molecular complexity index is 570. The molecule has 0 heterocycles. The molecule has 4 heteroatoms. The first-order chi connectivity index (χ1) is 9.11. The summed E-state index contributed by atoms with van der Waals surface area (Å²) < 4.78 is 31.8. The van der Waals surface area contributed by atoms with Crippen molar-refractivity contribution in [3.8, 4) is 11.5 Å². The summed E-state index contributed by atoms with van der Waals surface area (Å²) in [4.78, 5) is 0. The van der Waals surface area contributed by atoms with Crippen LogP contribution in [0.3, 0.4) is 0 Å². The number of hydrogen-bond donors (Lipinski definition) is 1. The Labute approximate surface area is 110 Å². The lowest BCUT2D eigenvalue weighted by atomic mass is 10.1. The van der Waals surface area contributed by atoms with E-state index >= 15 is 0 Å². The highest BCUT2D eigenvalue weighted by Crippen LogP contribution is 2.32. The number of aliphatic hydroxyl groups is 1. The average molecular weight is 264 g/mol. The number of rotatable bonds is 4. The molecular formula is C15H14F2O2. The molecule has 2 aromatic carbocycles. The van der Waals surface area contributed by atoms with Gasteiger partial charge >= 0.3 is 0 Å². The van der Waals surface area contributed by atoms with Crippen molar-refractivity contribution in [2.45, 2.75) is 19.4 Å². The lowest BCUT2D eigenvalue weighted by Crippen LogP contribution is -1.99. The van der Waals surface area contributed by atoms with Crippen LogP contribution in [0, 0.1) is 11.6 Å². The molecule has 19 heavy (non-hydrogen) atoms. The van der Waals surface area contributed by atoms with Gasteiger partial charge in [0.1, 0.15) is 11.6 Å². The zero-order valence-corrected chi connectivity index (χ0v) is 10.4. The van der Waals surface area contributed by atoms with Crippen molar-refractivity contribution in [3.05, 3.63) is 59.7 Å². The minimum Gasteiger partial charge on any atom is -0.454 e. The lowest BCUT2D eigenvalue weighted by molar-refractivity contribution is 0.170. The quantitative estimate of drug-likeness (QED) is 0.896. The van der Waals surface area contributed by atoms with E-state index in [1.54, 1.807) is 24.3 Å². The van der Waals surface area contributed by atoms with Gasteiger partial charge in [-0.05, 0) is 24.6 Å². The molecular weight excluding hydrogens is 250 g/mol. The lowest BCUT2D eigenvalue weighted by Gasteiger charge is -2.14. The van der Waals surface area contributed by atoms with Crippen LogP contribution in [0.2, 0.25) is 0 Å². The minimum absolute atomic E-state index is 0.0721. The number of aliphatic hydroxyl groups excluding tert-OH is 1. The molecule has 0 saturated heterocycles. The molecule has 0 unspecified atom stereocenters. The van der Waals surface area contributed by atoms with E-state index < -0.39 is 17.7 Å². The predicted octanol–water partition coefficient (Wildman–Crippen LogP) is 4.20. The van der Waals surface area contributed by atoms with E-state index in [9.17, 15) is 13.9 Å². The standard InChI is InChI=1S/C15H14F2O2/c1-2-13(18)11-5-3-4-6-14(11)19-15-8-7-10(16)9-12(15)17/h3-9,13,18H,2H2,1H3/t13-/m0/s1. The van der Waals surface area contributed by atoms with E-state index in [4.69, 9.17) is 4.74 Å². The van der Waals surface area contributed by atoms with Gasteiger partial charge in [0, 0.05) is 11.6 Å². The molecule has 1 N–H and O–H groups in total. The van der Waals surface area contributed by atoms with Crippen molar-refractivity contribution in [2.75, 3.05) is 0 Å². The van der Waals surface area contributed by atoms with Crippen molar-refractivity contribution in [3.63, 3.8) is 0 Å². The maximum absolute atomic E-state index is 13.5. The summed E-state index contributed by atoms with van der Waals surface area (Å²) in [5.41, 5.74) is 0.578. The number of ether oxygens (including phenoxy) is 1. The van der Waals surface area contributed by atoms with Crippen LogP contribution in [0.1, 0.15) is 25.0 Å². The van der Waals surface area contributed by atoms with Gasteiger partial charge in [-0.1, -0.05) is 25.1 Å². The van der Waals surface area contributed by atoms with Crippen LogP contribution in [0.15, 0.2) is 42.5 Å². The summed E-state index contributed by atoms with van der Waals surface area (Å²) in [6.45, 7) is 1.83. The summed E-state index contributed by atoms with van der Waals surface area (Å²) in [5.74, 6) is -1.15. The number of hydrogen-bond acceptors (Lipinski definition) is 2. The van der Waals surface area contributed by atoms with E-state index in [0.717, 1.165) is 12.1 Å². The summed E-state index contributed by atoms with van der Waals surface area (Å²) in [6, 6.07) is 9.94. The molecule has 0 radical (unpaired) electrons. The second-order valence-electron chi connectivity index (χ2n) is 4.14. The Kier molecular flexibility index (Phi) is 4.12. The third-order valence-corrected chi connectivity index (χ3v) is 2.78. The van der Waals surface area contributed by atoms with Crippen molar-refractivity contribution in [1.82, 2.24) is 0 Å². The minimum atomic E-state index is -0.777. The summed E-state index contributed by atoms with van der Waals surface area (Å²) in [6.07, 6.45) is -0.161. The van der Waals surface area contributed by atoms with Crippen molar-refractivity contribution in [2.24, 2.45) is 0 Å². The Morgan fingerprint density at radius 1 is 1.11 bits per heavy atom. The maximum atomic E-state index is 13.5.